The molecule has 1 aromatic heterocycles. The Labute approximate surface area is 166 Å². The van der Waals surface area contributed by atoms with Crippen LogP contribution in [0.1, 0.15) is 26.3 Å². The number of methoxy groups -OCH3 is 2. The predicted octanol–water partition coefficient (Wildman–Crippen LogP) is 5.03. The molecule has 0 aliphatic heterocycles. The molecule has 1 heterocycles. The number of Topliss-reactive ketones (excluding diaryl/α,β-unsaturated/α-hetero) is 1. The molecule has 0 aliphatic rings. The maximum Gasteiger partial charge on any atom is 0.336 e. The molecule has 3 aromatic rings. The summed E-state index contributed by atoms with van der Waals surface area (Å²) in [6.07, 6.45) is 0. The lowest BCUT2D eigenvalue weighted by Crippen LogP contribution is -2.11. The van der Waals surface area contributed by atoms with Crippen molar-refractivity contribution in [2.24, 2.45) is 0 Å². The highest BCUT2D eigenvalue weighted by atomic mass is 32.1. The van der Waals surface area contributed by atoms with Crippen molar-refractivity contribution in [2.45, 2.75) is 0 Å². The van der Waals surface area contributed by atoms with Gasteiger partial charge in [-0.05, 0) is 35.2 Å². The Balaban J connectivity index is 2.11. The first-order chi connectivity index (χ1) is 13.5. The van der Waals surface area contributed by atoms with Gasteiger partial charge in [-0.2, -0.15) is 0 Å². The fraction of sp³-hybridized carbons (Fsp3) is 0.0909. The maximum absolute atomic E-state index is 13.0. The molecule has 0 atom stereocenters. The van der Waals surface area contributed by atoms with Crippen LogP contribution in [0.4, 0.5) is 0 Å². The van der Waals surface area contributed by atoms with Crippen LogP contribution in [0.15, 0.2) is 60.5 Å². The number of ether oxygens (including phenoxy) is 2. The van der Waals surface area contributed by atoms with E-state index in [-0.39, 0.29) is 16.7 Å². The number of carbonyl (C=O) groups excluding carboxylic acids is 1. The zero-order valence-corrected chi connectivity index (χ0v) is 16.2. The number of hydrogen-bond donors (Lipinski definition) is 1. The molecule has 0 amide bonds. The summed E-state index contributed by atoms with van der Waals surface area (Å²) < 4.78 is 11.0. The van der Waals surface area contributed by atoms with Gasteiger partial charge in [-0.1, -0.05) is 30.8 Å². The summed E-state index contributed by atoms with van der Waals surface area (Å²) in [6.45, 7) is 3.91. The van der Waals surface area contributed by atoms with Crippen molar-refractivity contribution in [1.82, 2.24) is 0 Å². The highest BCUT2D eigenvalue weighted by Crippen LogP contribution is 2.41. The molecule has 0 radical (unpaired) electrons. The number of allylic oxidation sites excluding steroid dienone is 1. The lowest BCUT2D eigenvalue weighted by Gasteiger charge is -2.17. The Morgan fingerprint density at radius 2 is 1.57 bits per heavy atom. The van der Waals surface area contributed by atoms with Gasteiger partial charge in [0.2, 0.25) is 0 Å². The summed E-state index contributed by atoms with van der Waals surface area (Å²) in [5, 5.41) is 11.3. The first kappa shape index (κ1) is 19.4. The molecule has 0 aliphatic carbocycles. The fourth-order valence-electron chi connectivity index (χ4n) is 2.94. The van der Waals surface area contributed by atoms with E-state index < -0.39 is 11.8 Å². The molecule has 142 valence electrons. The van der Waals surface area contributed by atoms with E-state index in [1.807, 2.05) is 29.6 Å². The molecule has 28 heavy (non-hydrogen) atoms. The zero-order chi connectivity index (χ0) is 20.3. The van der Waals surface area contributed by atoms with Crippen LogP contribution >= 0.6 is 11.3 Å². The van der Waals surface area contributed by atoms with E-state index in [1.165, 1.54) is 26.4 Å². The quantitative estimate of drug-likeness (QED) is 0.450. The van der Waals surface area contributed by atoms with Crippen molar-refractivity contribution in [2.75, 3.05) is 14.2 Å². The van der Waals surface area contributed by atoms with Gasteiger partial charge in [0.25, 0.3) is 0 Å². The van der Waals surface area contributed by atoms with Crippen LogP contribution in [0.5, 0.6) is 11.5 Å². The minimum absolute atomic E-state index is 0.0615. The number of carboxylic acids is 1. The topological polar surface area (TPSA) is 72.8 Å². The number of aromatic carboxylic acids is 1. The first-order valence-electron chi connectivity index (χ1n) is 8.34. The third-order valence-corrected chi connectivity index (χ3v) is 5.21. The molecule has 1 N–H and O–H groups in total. The highest BCUT2D eigenvalue weighted by Gasteiger charge is 2.24. The molecule has 6 heteroatoms. The molecule has 0 fully saturated rings. The zero-order valence-electron chi connectivity index (χ0n) is 15.4. The molecule has 0 saturated heterocycles. The summed E-state index contributed by atoms with van der Waals surface area (Å²) >= 11 is 1.57. The van der Waals surface area contributed by atoms with Crippen molar-refractivity contribution in [3.63, 3.8) is 0 Å². The molecule has 0 spiro atoms. The third-order valence-electron chi connectivity index (χ3n) is 4.29. The van der Waals surface area contributed by atoms with Crippen LogP contribution in [-0.2, 0) is 0 Å². The summed E-state index contributed by atoms with van der Waals surface area (Å²) in [6, 6.07) is 13.6. The highest BCUT2D eigenvalue weighted by molar-refractivity contribution is 7.13. The number of hydrogen-bond acceptors (Lipinski definition) is 5. The SMILES string of the molecule is C=C(C(=O)c1ccccc1C(=O)O)c1c(OC)cc(-c2cccs2)cc1OC. The summed E-state index contributed by atoms with van der Waals surface area (Å²) in [5.41, 5.74) is 1.36. The van der Waals surface area contributed by atoms with Gasteiger partial charge in [0.15, 0.2) is 5.78 Å². The van der Waals surface area contributed by atoms with Crippen molar-refractivity contribution >= 4 is 28.7 Å². The lowest BCUT2D eigenvalue weighted by atomic mass is 9.93. The summed E-state index contributed by atoms with van der Waals surface area (Å²) in [7, 11) is 3.00. The van der Waals surface area contributed by atoms with Crippen LogP contribution in [0, 0.1) is 0 Å². The average molecular weight is 394 g/mol. The van der Waals surface area contributed by atoms with E-state index in [4.69, 9.17) is 9.47 Å². The molecule has 0 saturated carbocycles. The second kappa shape index (κ2) is 8.10. The van der Waals surface area contributed by atoms with Crippen molar-refractivity contribution < 1.29 is 24.2 Å². The van der Waals surface area contributed by atoms with E-state index in [0.29, 0.717) is 17.1 Å². The van der Waals surface area contributed by atoms with Crippen molar-refractivity contribution in [3.05, 3.63) is 77.2 Å². The number of benzene rings is 2. The largest absolute Gasteiger partial charge is 0.496 e. The average Bonchev–Trinajstić information content (AvgIpc) is 3.26. The fourth-order valence-corrected chi connectivity index (χ4v) is 3.65. The minimum atomic E-state index is -1.18. The molecular weight excluding hydrogens is 376 g/mol. The van der Waals surface area contributed by atoms with Crippen LogP contribution in [-0.4, -0.2) is 31.1 Å². The Morgan fingerprint density at radius 1 is 0.964 bits per heavy atom. The Kier molecular flexibility index (Phi) is 5.61. The second-order valence-electron chi connectivity index (χ2n) is 5.89. The van der Waals surface area contributed by atoms with Gasteiger partial charge < -0.3 is 14.6 Å². The van der Waals surface area contributed by atoms with E-state index in [2.05, 4.69) is 6.58 Å². The number of carboxylic acid groups (broad SMARTS) is 1. The van der Waals surface area contributed by atoms with E-state index in [0.717, 1.165) is 10.4 Å². The van der Waals surface area contributed by atoms with Crippen LogP contribution < -0.4 is 9.47 Å². The van der Waals surface area contributed by atoms with E-state index in [1.54, 1.807) is 23.5 Å². The molecular formula is C22H18O5S. The molecule has 2 aromatic carbocycles. The van der Waals surface area contributed by atoms with Gasteiger partial charge in [-0.25, -0.2) is 4.79 Å². The normalized spacial score (nSPS) is 10.4. The van der Waals surface area contributed by atoms with Crippen LogP contribution in [0.2, 0.25) is 0 Å². The number of carbonyl (C=O) groups is 2. The lowest BCUT2D eigenvalue weighted by molar-refractivity contribution is 0.0693. The standard InChI is InChI=1S/C22H18O5S/c1-13(21(23)15-7-4-5-8-16(15)22(24)25)20-17(26-2)11-14(12-18(20)27-3)19-9-6-10-28-19/h4-12H,1H2,2-3H3,(H,24,25). The molecule has 0 bridgehead atoms. The van der Waals surface area contributed by atoms with Gasteiger partial charge in [-0.3, -0.25) is 4.79 Å². The molecule has 3 rings (SSSR count). The third kappa shape index (κ3) is 3.54. The van der Waals surface area contributed by atoms with Crippen molar-refractivity contribution in [1.29, 1.82) is 0 Å². The maximum atomic E-state index is 13.0. The summed E-state index contributed by atoms with van der Waals surface area (Å²) in [4.78, 5) is 25.6. The monoisotopic (exact) mass is 394 g/mol. The predicted molar refractivity (Wildman–Crippen MR) is 110 cm³/mol. The van der Waals surface area contributed by atoms with E-state index in [9.17, 15) is 14.7 Å². The van der Waals surface area contributed by atoms with Crippen LogP contribution in [0.3, 0.4) is 0 Å². The Morgan fingerprint density at radius 3 is 2.07 bits per heavy atom. The Hall–Kier alpha value is -3.38. The van der Waals surface area contributed by atoms with Gasteiger partial charge in [0, 0.05) is 16.0 Å². The smallest absolute Gasteiger partial charge is 0.336 e. The molecule has 0 unspecified atom stereocenters. The van der Waals surface area contributed by atoms with E-state index >= 15 is 0 Å². The van der Waals surface area contributed by atoms with Crippen LogP contribution in [0.25, 0.3) is 16.0 Å². The van der Waals surface area contributed by atoms with Gasteiger partial charge >= 0.3 is 5.97 Å². The number of rotatable bonds is 7. The number of thiophene rings is 1. The first-order valence-corrected chi connectivity index (χ1v) is 9.22. The van der Waals surface area contributed by atoms with Gasteiger partial charge in [0.05, 0.1) is 25.3 Å². The minimum Gasteiger partial charge on any atom is -0.496 e. The summed E-state index contributed by atoms with van der Waals surface area (Å²) in [5.74, 6) is -0.829. The Bertz CT molecular complexity index is 1030. The van der Waals surface area contributed by atoms with Gasteiger partial charge in [0.1, 0.15) is 11.5 Å². The second-order valence-corrected chi connectivity index (χ2v) is 6.84. The molecule has 5 nitrogen and oxygen atoms in total. The van der Waals surface area contributed by atoms with Crippen molar-refractivity contribution in [3.8, 4) is 21.9 Å². The van der Waals surface area contributed by atoms with Gasteiger partial charge in [-0.15, -0.1) is 11.3 Å². The number of ketones is 1.